The van der Waals surface area contributed by atoms with Gasteiger partial charge in [-0.1, -0.05) is 0 Å². The molecule has 0 N–H and O–H groups in total. The minimum atomic E-state index is -2.76. The summed E-state index contributed by atoms with van der Waals surface area (Å²) in [6.07, 6.45) is 2.80. The summed E-state index contributed by atoms with van der Waals surface area (Å²) in [5.41, 5.74) is 0.0143. The molecule has 1 aliphatic heterocycles. The summed E-state index contributed by atoms with van der Waals surface area (Å²) in [6.45, 7) is -1.32. The molecule has 5 nitrogen and oxygen atoms in total. The van der Waals surface area contributed by atoms with Crippen molar-refractivity contribution < 1.29 is 22.7 Å². The lowest BCUT2D eigenvalue weighted by Gasteiger charge is -2.32. The van der Waals surface area contributed by atoms with Gasteiger partial charge in [0.2, 0.25) is 0 Å². The topological polar surface area (TPSA) is 47.4 Å². The first-order valence-corrected chi connectivity index (χ1v) is 8.04. The van der Waals surface area contributed by atoms with Gasteiger partial charge in [-0.3, -0.25) is 4.79 Å². The molecule has 1 unspecified atom stereocenters. The minimum Gasteiger partial charge on any atom is -0.493 e. The van der Waals surface area contributed by atoms with Crippen molar-refractivity contribution in [3.8, 4) is 5.75 Å². The summed E-state index contributed by atoms with van der Waals surface area (Å²) >= 11 is 0. The Hall–Kier alpha value is -2.51. The Bertz CT molecular complexity index is 718. The van der Waals surface area contributed by atoms with Crippen molar-refractivity contribution in [3.05, 3.63) is 48.0 Å². The first kappa shape index (κ1) is 17.3. The van der Waals surface area contributed by atoms with Crippen molar-refractivity contribution in [2.24, 2.45) is 5.92 Å². The largest absolute Gasteiger partial charge is 0.493 e. The number of ether oxygens (including phenoxy) is 1. The summed E-state index contributed by atoms with van der Waals surface area (Å²) < 4.78 is 44.1. The predicted octanol–water partition coefficient (Wildman–Crippen LogP) is 3.35. The fraction of sp³-hybridized carbons (Fsp3) is 0.412. The van der Waals surface area contributed by atoms with Crippen LogP contribution >= 0.6 is 0 Å². The van der Waals surface area contributed by atoms with Gasteiger partial charge in [0.05, 0.1) is 6.61 Å². The average Bonchev–Trinajstić information content (AvgIpc) is 3.11. The molecule has 3 rings (SSSR count). The molecular weight excluding hydrogens is 335 g/mol. The van der Waals surface area contributed by atoms with Crippen molar-refractivity contribution in [1.29, 1.82) is 0 Å². The quantitative estimate of drug-likeness (QED) is 0.828. The number of carbonyl (C=O) groups excluding carboxylic acids is 1. The fourth-order valence-corrected chi connectivity index (χ4v) is 2.85. The first-order valence-electron chi connectivity index (χ1n) is 8.04. The Morgan fingerprint density at radius 1 is 1.28 bits per heavy atom. The summed E-state index contributed by atoms with van der Waals surface area (Å²) in [7, 11) is 0. The minimum absolute atomic E-state index is 0.0143. The van der Waals surface area contributed by atoms with Gasteiger partial charge < -0.3 is 9.64 Å². The van der Waals surface area contributed by atoms with Gasteiger partial charge in [0.15, 0.2) is 5.69 Å². The third-order valence-electron chi connectivity index (χ3n) is 4.13. The Labute approximate surface area is 143 Å². The highest BCUT2D eigenvalue weighted by molar-refractivity contribution is 5.92. The first-order chi connectivity index (χ1) is 12.0. The van der Waals surface area contributed by atoms with Gasteiger partial charge in [-0.15, -0.1) is 0 Å². The molecule has 0 bridgehead atoms. The van der Waals surface area contributed by atoms with Crippen LogP contribution in [0.3, 0.4) is 0 Å². The highest BCUT2D eigenvalue weighted by Crippen LogP contribution is 2.21. The molecule has 1 amide bonds. The van der Waals surface area contributed by atoms with E-state index in [1.165, 1.54) is 18.2 Å². The molecule has 0 saturated carbocycles. The Balaban J connectivity index is 1.56. The second-order valence-electron chi connectivity index (χ2n) is 5.98. The zero-order chi connectivity index (χ0) is 17.8. The van der Waals surface area contributed by atoms with Gasteiger partial charge in [-0.25, -0.2) is 9.07 Å². The molecule has 1 saturated heterocycles. The zero-order valence-electron chi connectivity index (χ0n) is 13.4. The van der Waals surface area contributed by atoms with E-state index < -0.39 is 6.55 Å². The van der Waals surface area contributed by atoms with Crippen LogP contribution in [0.25, 0.3) is 0 Å². The van der Waals surface area contributed by atoms with Crippen LogP contribution in [0.15, 0.2) is 36.5 Å². The van der Waals surface area contributed by atoms with Gasteiger partial charge in [-0.05, 0) is 43.2 Å². The summed E-state index contributed by atoms with van der Waals surface area (Å²) in [5, 5.41) is 3.62. The number of hydrogen-bond donors (Lipinski definition) is 0. The van der Waals surface area contributed by atoms with Crippen LogP contribution in [-0.2, 0) is 0 Å². The summed E-state index contributed by atoms with van der Waals surface area (Å²) in [6, 6.07) is 7.06. The zero-order valence-corrected chi connectivity index (χ0v) is 13.4. The number of hydrogen-bond acceptors (Lipinski definition) is 3. The van der Waals surface area contributed by atoms with Gasteiger partial charge in [-0.2, -0.15) is 13.9 Å². The van der Waals surface area contributed by atoms with Crippen LogP contribution in [0.2, 0.25) is 0 Å². The van der Waals surface area contributed by atoms with E-state index in [0.717, 1.165) is 19.0 Å². The van der Waals surface area contributed by atoms with Gasteiger partial charge >= 0.3 is 6.55 Å². The molecular formula is C17H18F3N3O2. The van der Waals surface area contributed by atoms with E-state index in [4.69, 9.17) is 4.74 Å². The molecule has 2 aromatic rings. The Morgan fingerprint density at radius 2 is 2.04 bits per heavy atom. The molecule has 0 aliphatic carbocycles. The van der Waals surface area contributed by atoms with E-state index in [1.807, 2.05) is 0 Å². The number of amides is 1. The molecule has 1 aromatic carbocycles. The summed E-state index contributed by atoms with van der Waals surface area (Å²) in [5.74, 6) is 0.0105. The number of halogens is 3. The van der Waals surface area contributed by atoms with Crippen LogP contribution in [0.4, 0.5) is 13.2 Å². The fourth-order valence-electron chi connectivity index (χ4n) is 2.85. The molecule has 1 fully saturated rings. The standard InChI is InChI=1S/C17H18F3N3O2/c18-13-3-5-14(6-4-13)25-11-12-2-1-8-22(10-12)16(24)15-7-9-23(21-15)17(19)20/h3-7,9,12,17H,1-2,8,10-11H2. The smallest absolute Gasteiger partial charge is 0.333 e. The number of benzene rings is 1. The maximum Gasteiger partial charge on any atom is 0.333 e. The lowest BCUT2D eigenvalue weighted by Crippen LogP contribution is -2.41. The van der Waals surface area contributed by atoms with Crippen LogP contribution in [0.1, 0.15) is 29.9 Å². The second-order valence-corrected chi connectivity index (χ2v) is 5.98. The Kier molecular flexibility index (Phi) is 5.25. The molecule has 1 atom stereocenters. The second kappa shape index (κ2) is 7.58. The molecule has 134 valence electrons. The van der Waals surface area contributed by atoms with Crippen LogP contribution < -0.4 is 4.74 Å². The van der Waals surface area contributed by atoms with E-state index in [1.54, 1.807) is 17.0 Å². The molecule has 0 radical (unpaired) electrons. The molecule has 1 aliphatic rings. The van der Waals surface area contributed by atoms with Gasteiger partial charge in [0.1, 0.15) is 11.6 Å². The number of aromatic nitrogens is 2. The highest BCUT2D eigenvalue weighted by Gasteiger charge is 2.26. The van der Waals surface area contributed by atoms with Crippen LogP contribution in [0.5, 0.6) is 5.75 Å². The molecule has 1 aromatic heterocycles. The van der Waals surface area contributed by atoms with Crippen molar-refractivity contribution in [3.63, 3.8) is 0 Å². The lowest BCUT2D eigenvalue weighted by molar-refractivity contribution is 0.0535. The molecule has 25 heavy (non-hydrogen) atoms. The van der Waals surface area contributed by atoms with Crippen LogP contribution in [0, 0.1) is 11.7 Å². The SMILES string of the molecule is O=C(c1ccn(C(F)F)n1)N1CCCC(COc2ccc(F)cc2)C1. The van der Waals surface area contributed by atoms with Crippen molar-refractivity contribution >= 4 is 5.91 Å². The Morgan fingerprint density at radius 3 is 2.72 bits per heavy atom. The number of likely N-dealkylation sites (tertiary alicyclic amines) is 1. The van der Waals surface area contributed by atoms with E-state index >= 15 is 0 Å². The average molecular weight is 353 g/mol. The maximum absolute atomic E-state index is 12.9. The molecule has 8 heteroatoms. The van der Waals surface area contributed by atoms with E-state index in [9.17, 15) is 18.0 Å². The van der Waals surface area contributed by atoms with Gasteiger partial charge in [0, 0.05) is 25.2 Å². The number of alkyl halides is 2. The highest BCUT2D eigenvalue weighted by atomic mass is 19.3. The van der Waals surface area contributed by atoms with E-state index in [0.29, 0.717) is 30.1 Å². The lowest BCUT2D eigenvalue weighted by atomic mass is 9.98. The monoisotopic (exact) mass is 353 g/mol. The van der Waals surface area contributed by atoms with Crippen molar-refractivity contribution in [2.75, 3.05) is 19.7 Å². The number of piperidine rings is 1. The number of nitrogens with zero attached hydrogens (tertiary/aromatic N) is 3. The van der Waals surface area contributed by atoms with Crippen molar-refractivity contribution in [2.45, 2.75) is 19.4 Å². The normalized spacial score (nSPS) is 17.8. The third-order valence-corrected chi connectivity index (χ3v) is 4.13. The number of rotatable bonds is 5. The van der Waals surface area contributed by atoms with E-state index in [-0.39, 0.29) is 23.3 Å². The predicted molar refractivity (Wildman–Crippen MR) is 84.0 cm³/mol. The van der Waals surface area contributed by atoms with Crippen LogP contribution in [-0.4, -0.2) is 40.3 Å². The van der Waals surface area contributed by atoms with E-state index in [2.05, 4.69) is 5.10 Å². The molecule has 0 spiro atoms. The number of carbonyl (C=O) groups is 1. The maximum atomic E-state index is 12.9. The third kappa shape index (κ3) is 4.32. The van der Waals surface area contributed by atoms with Crippen molar-refractivity contribution in [1.82, 2.24) is 14.7 Å². The van der Waals surface area contributed by atoms with Gasteiger partial charge in [0.25, 0.3) is 5.91 Å². The molecule has 2 heterocycles. The summed E-state index contributed by atoms with van der Waals surface area (Å²) in [4.78, 5) is 14.0.